The van der Waals surface area contributed by atoms with Crippen LogP contribution in [0, 0.1) is 5.92 Å². The maximum atomic E-state index is 12.3. The van der Waals surface area contributed by atoms with Crippen molar-refractivity contribution in [3.63, 3.8) is 0 Å². The van der Waals surface area contributed by atoms with Crippen LogP contribution in [0.1, 0.15) is 35.1 Å². The molecule has 1 amide bonds. The Hall–Kier alpha value is -1.10. The largest absolute Gasteiger partial charge is 0.344 e. The zero-order valence-corrected chi connectivity index (χ0v) is 13.4. The SMILES string of the molecule is CC(C)C(NC(=O)c1cc(Cl)nc(Cl)c1)c1cccs1. The Bertz CT molecular complexity index is 579. The number of nitrogens with zero attached hydrogens (tertiary/aromatic N) is 1. The van der Waals surface area contributed by atoms with Gasteiger partial charge in [0.05, 0.1) is 6.04 Å². The molecule has 0 aliphatic carbocycles. The molecule has 0 spiro atoms. The highest BCUT2D eigenvalue weighted by molar-refractivity contribution is 7.10. The smallest absolute Gasteiger partial charge is 0.252 e. The number of rotatable bonds is 4. The molecule has 2 aromatic heterocycles. The molecule has 106 valence electrons. The number of amides is 1. The second kappa shape index (κ2) is 6.57. The number of halogens is 2. The molecule has 0 bridgehead atoms. The van der Waals surface area contributed by atoms with Crippen molar-refractivity contribution in [2.24, 2.45) is 5.92 Å². The topological polar surface area (TPSA) is 42.0 Å². The lowest BCUT2D eigenvalue weighted by Gasteiger charge is -2.21. The summed E-state index contributed by atoms with van der Waals surface area (Å²) in [4.78, 5) is 17.3. The quantitative estimate of drug-likeness (QED) is 0.835. The van der Waals surface area contributed by atoms with Crippen LogP contribution in [-0.2, 0) is 0 Å². The maximum Gasteiger partial charge on any atom is 0.252 e. The summed E-state index contributed by atoms with van der Waals surface area (Å²) >= 11 is 13.3. The molecular weight excluding hydrogens is 315 g/mol. The Balaban J connectivity index is 2.20. The van der Waals surface area contributed by atoms with Crippen molar-refractivity contribution in [1.29, 1.82) is 0 Å². The average Bonchev–Trinajstić information content (AvgIpc) is 2.87. The minimum Gasteiger partial charge on any atom is -0.344 e. The second-order valence-electron chi connectivity index (χ2n) is 4.71. The van der Waals surface area contributed by atoms with Gasteiger partial charge < -0.3 is 5.32 Å². The molecule has 2 heterocycles. The van der Waals surface area contributed by atoms with E-state index in [1.807, 2.05) is 17.5 Å². The Labute approximate surface area is 131 Å². The summed E-state index contributed by atoms with van der Waals surface area (Å²) in [6, 6.07) is 6.97. The van der Waals surface area contributed by atoms with E-state index in [2.05, 4.69) is 24.1 Å². The molecule has 2 rings (SSSR count). The van der Waals surface area contributed by atoms with Gasteiger partial charge in [-0.25, -0.2) is 4.98 Å². The van der Waals surface area contributed by atoms with Gasteiger partial charge in [0, 0.05) is 10.4 Å². The van der Waals surface area contributed by atoms with E-state index in [0.717, 1.165) is 4.88 Å². The lowest BCUT2D eigenvalue weighted by atomic mass is 10.0. The van der Waals surface area contributed by atoms with Gasteiger partial charge in [-0.15, -0.1) is 11.3 Å². The van der Waals surface area contributed by atoms with Crippen LogP contribution < -0.4 is 5.32 Å². The molecule has 6 heteroatoms. The van der Waals surface area contributed by atoms with E-state index >= 15 is 0 Å². The molecule has 1 atom stereocenters. The Kier molecular flexibility index (Phi) is 5.02. The highest BCUT2D eigenvalue weighted by atomic mass is 35.5. The summed E-state index contributed by atoms with van der Waals surface area (Å²) in [5.41, 5.74) is 0.414. The third-order valence-corrected chi connectivity index (χ3v) is 4.17. The molecule has 1 N–H and O–H groups in total. The van der Waals surface area contributed by atoms with Crippen molar-refractivity contribution < 1.29 is 4.79 Å². The molecule has 0 aliphatic rings. The van der Waals surface area contributed by atoms with Crippen molar-refractivity contribution in [2.45, 2.75) is 19.9 Å². The molecule has 1 unspecified atom stereocenters. The van der Waals surface area contributed by atoms with Gasteiger partial charge >= 0.3 is 0 Å². The molecule has 0 saturated heterocycles. The number of pyridine rings is 1. The van der Waals surface area contributed by atoms with Crippen LogP contribution in [0.25, 0.3) is 0 Å². The van der Waals surface area contributed by atoms with Gasteiger partial charge in [-0.2, -0.15) is 0 Å². The zero-order valence-electron chi connectivity index (χ0n) is 11.1. The summed E-state index contributed by atoms with van der Waals surface area (Å²) < 4.78 is 0. The van der Waals surface area contributed by atoms with E-state index in [1.54, 1.807) is 11.3 Å². The molecule has 3 nitrogen and oxygen atoms in total. The number of carbonyl (C=O) groups is 1. The molecule has 0 fully saturated rings. The van der Waals surface area contributed by atoms with Crippen LogP contribution in [0.3, 0.4) is 0 Å². The first-order valence-electron chi connectivity index (χ1n) is 6.14. The van der Waals surface area contributed by atoms with Gasteiger partial charge in [-0.05, 0) is 29.5 Å². The van der Waals surface area contributed by atoms with E-state index in [9.17, 15) is 4.79 Å². The highest BCUT2D eigenvalue weighted by Crippen LogP contribution is 2.26. The summed E-state index contributed by atoms with van der Waals surface area (Å²) in [6.45, 7) is 4.13. The zero-order chi connectivity index (χ0) is 14.7. The second-order valence-corrected chi connectivity index (χ2v) is 6.47. The number of hydrogen-bond donors (Lipinski definition) is 1. The lowest BCUT2D eigenvalue weighted by Crippen LogP contribution is -2.31. The van der Waals surface area contributed by atoms with E-state index in [-0.39, 0.29) is 28.2 Å². The van der Waals surface area contributed by atoms with E-state index in [0.29, 0.717) is 5.56 Å². The molecule has 2 aromatic rings. The van der Waals surface area contributed by atoms with Crippen LogP contribution in [0.5, 0.6) is 0 Å². The average molecular weight is 329 g/mol. The number of thiophene rings is 1. The number of aromatic nitrogens is 1. The summed E-state index contributed by atoms with van der Waals surface area (Å²) in [6.07, 6.45) is 0. The summed E-state index contributed by atoms with van der Waals surface area (Å²) in [5, 5.41) is 5.43. The molecular formula is C14H14Cl2N2OS. The fourth-order valence-electron chi connectivity index (χ4n) is 1.86. The third kappa shape index (κ3) is 3.72. The van der Waals surface area contributed by atoms with Crippen molar-refractivity contribution in [3.8, 4) is 0 Å². The van der Waals surface area contributed by atoms with Crippen LogP contribution in [0.2, 0.25) is 10.3 Å². The standard InChI is InChI=1S/C14H14Cl2N2OS/c1-8(2)13(10-4-3-5-20-10)18-14(19)9-6-11(15)17-12(16)7-9/h3-8,13H,1-2H3,(H,18,19). The normalized spacial score (nSPS) is 12.4. The van der Waals surface area contributed by atoms with Gasteiger partial charge in [0.2, 0.25) is 0 Å². The molecule has 20 heavy (non-hydrogen) atoms. The van der Waals surface area contributed by atoms with Gasteiger partial charge in [0.15, 0.2) is 0 Å². The first-order valence-corrected chi connectivity index (χ1v) is 7.78. The molecule has 0 aromatic carbocycles. The Morgan fingerprint density at radius 2 is 1.95 bits per heavy atom. The van der Waals surface area contributed by atoms with Gasteiger partial charge in [0.25, 0.3) is 5.91 Å². The van der Waals surface area contributed by atoms with Crippen molar-refractivity contribution >= 4 is 40.4 Å². The van der Waals surface area contributed by atoms with Crippen molar-refractivity contribution in [2.75, 3.05) is 0 Å². The third-order valence-electron chi connectivity index (χ3n) is 2.83. The number of carbonyl (C=O) groups excluding carboxylic acids is 1. The maximum absolute atomic E-state index is 12.3. The molecule has 0 saturated carbocycles. The minimum absolute atomic E-state index is 0.0341. The van der Waals surface area contributed by atoms with E-state index < -0.39 is 0 Å². The van der Waals surface area contributed by atoms with Gasteiger partial charge in [-0.1, -0.05) is 43.1 Å². The van der Waals surface area contributed by atoms with Crippen molar-refractivity contribution in [3.05, 3.63) is 50.4 Å². The lowest BCUT2D eigenvalue weighted by molar-refractivity contribution is 0.0926. The fourth-order valence-corrected chi connectivity index (χ4v) is 3.26. The molecule has 0 aliphatic heterocycles. The van der Waals surface area contributed by atoms with E-state index in [4.69, 9.17) is 23.2 Å². The first-order chi connectivity index (χ1) is 9.47. The fraction of sp³-hybridized carbons (Fsp3) is 0.286. The summed E-state index contributed by atoms with van der Waals surface area (Å²) in [5.74, 6) is 0.0775. The van der Waals surface area contributed by atoms with Gasteiger partial charge in [0.1, 0.15) is 10.3 Å². The first kappa shape index (κ1) is 15.3. The predicted molar refractivity (Wildman–Crippen MR) is 83.6 cm³/mol. The van der Waals surface area contributed by atoms with Crippen molar-refractivity contribution in [1.82, 2.24) is 10.3 Å². The van der Waals surface area contributed by atoms with Crippen LogP contribution in [0.15, 0.2) is 29.6 Å². The van der Waals surface area contributed by atoms with Crippen LogP contribution in [0.4, 0.5) is 0 Å². The minimum atomic E-state index is -0.205. The van der Waals surface area contributed by atoms with Crippen LogP contribution >= 0.6 is 34.5 Å². The monoisotopic (exact) mass is 328 g/mol. The summed E-state index contributed by atoms with van der Waals surface area (Å²) in [7, 11) is 0. The van der Waals surface area contributed by atoms with E-state index in [1.165, 1.54) is 12.1 Å². The Morgan fingerprint density at radius 1 is 1.30 bits per heavy atom. The van der Waals surface area contributed by atoms with Crippen LogP contribution in [-0.4, -0.2) is 10.9 Å². The Morgan fingerprint density at radius 3 is 2.45 bits per heavy atom. The number of hydrogen-bond acceptors (Lipinski definition) is 3. The number of nitrogens with one attached hydrogen (secondary N) is 1. The predicted octanol–water partition coefficient (Wildman–Crippen LogP) is 4.58. The highest BCUT2D eigenvalue weighted by Gasteiger charge is 2.20. The van der Waals surface area contributed by atoms with Gasteiger partial charge in [-0.3, -0.25) is 4.79 Å². The molecule has 0 radical (unpaired) electrons.